The molecule has 0 aromatic heterocycles. The zero-order valence-corrected chi connectivity index (χ0v) is 18.0. The lowest BCUT2D eigenvalue weighted by atomic mass is 9.74. The van der Waals surface area contributed by atoms with Crippen molar-refractivity contribution in [2.45, 2.75) is 53.4 Å². The molecule has 0 fully saturated rings. The second kappa shape index (κ2) is 7.66. The van der Waals surface area contributed by atoms with Crippen LogP contribution >= 0.6 is 0 Å². The van der Waals surface area contributed by atoms with E-state index in [-0.39, 0.29) is 28.1 Å². The standard InChI is InChI=1S/C13H16O2.C12H14O2/c1-13(2)7-9-4-5-10(15-3)6-11(9)12(14)8-13;1-12(2)6-8-3-4-9(13)5-10(8)11(14)7-12/h4-6H,7-8H2,1-3H3;3-5,13H,6-7H2,1-2H3. The van der Waals surface area contributed by atoms with Gasteiger partial charge in [-0.2, -0.15) is 0 Å². The van der Waals surface area contributed by atoms with Crippen molar-refractivity contribution in [3.63, 3.8) is 0 Å². The summed E-state index contributed by atoms with van der Waals surface area (Å²) in [6, 6.07) is 10.9. The molecule has 0 unspecified atom stereocenters. The summed E-state index contributed by atoms with van der Waals surface area (Å²) in [5.74, 6) is 1.32. The van der Waals surface area contributed by atoms with Crippen LogP contribution in [0.25, 0.3) is 0 Å². The fourth-order valence-corrected chi connectivity index (χ4v) is 4.29. The van der Waals surface area contributed by atoms with Crippen LogP contribution in [-0.4, -0.2) is 23.8 Å². The largest absolute Gasteiger partial charge is 0.508 e. The summed E-state index contributed by atoms with van der Waals surface area (Å²) in [6.07, 6.45) is 3.09. The Balaban J connectivity index is 0.000000166. The van der Waals surface area contributed by atoms with Crippen molar-refractivity contribution in [3.8, 4) is 11.5 Å². The van der Waals surface area contributed by atoms with Gasteiger partial charge in [0.25, 0.3) is 0 Å². The van der Waals surface area contributed by atoms with Crippen LogP contribution in [0.5, 0.6) is 11.5 Å². The molecule has 0 heterocycles. The van der Waals surface area contributed by atoms with Crippen LogP contribution in [0.4, 0.5) is 0 Å². The van der Waals surface area contributed by atoms with E-state index >= 15 is 0 Å². The van der Waals surface area contributed by atoms with Crippen LogP contribution in [0, 0.1) is 10.8 Å². The number of benzene rings is 2. The predicted molar refractivity (Wildman–Crippen MR) is 114 cm³/mol. The molecule has 2 aromatic carbocycles. The SMILES string of the molecule is CC1(C)CC(=O)c2cc(O)ccc2C1.COc1ccc2c(c1)C(=O)CC(C)(C)C2. The smallest absolute Gasteiger partial charge is 0.163 e. The third-order valence-corrected chi connectivity index (χ3v) is 5.63. The number of rotatable bonds is 1. The first-order valence-corrected chi connectivity index (χ1v) is 10.0. The van der Waals surface area contributed by atoms with Gasteiger partial charge in [-0.25, -0.2) is 0 Å². The molecule has 154 valence electrons. The van der Waals surface area contributed by atoms with Gasteiger partial charge >= 0.3 is 0 Å². The second-order valence-corrected chi connectivity index (χ2v) is 9.75. The van der Waals surface area contributed by atoms with Crippen molar-refractivity contribution < 1.29 is 19.4 Å². The molecule has 0 radical (unpaired) electrons. The third-order valence-electron chi connectivity index (χ3n) is 5.63. The molecule has 29 heavy (non-hydrogen) atoms. The summed E-state index contributed by atoms with van der Waals surface area (Å²) in [7, 11) is 1.62. The highest BCUT2D eigenvalue weighted by atomic mass is 16.5. The molecule has 1 N–H and O–H groups in total. The predicted octanol–water partition coefficient (Wildman–Crippen LogP) is 5.40. The first-order chi connectivity index (χ1) is 13.5. The fourth-order valence-electron chi connectivity index (χ4n) is 4.29. The summed E-state index contributed by atoms with van der Waals surface area (Å²) >= 11 is 0. The molecule has 4 nitrogen and oxygen atoms in total. The van der Waals surface area contributed by atoms with Crippen LogP contribution in [0.3, 0.4) is 0 Å². The summed E-state index contributed by atoms with van der Waals surface area (Å²) in [5, 5.41) is 9.28. The molecule has 0 spiro atoms. The first-order valence-electron chi connectivity index (χ1n) is 10.0. The highest BCUT2D eigenvalue weighted by Gasteiger charge is 2.31. The number of carbonyl (C=O) groups excluding carboxylic acids is 2. The highest BCUT2D eigenvalue weighted by molar-refractivity contribution is 6.00. The van der Waals surface area contributed by atoms with E-state index in [0.717, 1.165) is 35.3 Å². The molecule has 2 aliphatic carbocycles. The molecule has 0 saturated carbocycles. The monoisotopic (exact) mass is 394 g/mol. The van der Waals surface area contributed by atoms with E-state index in [4.69, 9.17) is 4.74 Å². The van der Waals surface area contributed by atoms with Crippen molar-refractivity contribution >= 4 is 11.6 Å². The lowest BCUT2D eigenvalue weighted by molar-refractivity contribution is 0.0902. The minimum absolute atomic E-state index is 0.0566. The van der Waals surface area contributed by atoms with Gasteiger partial charge < -0.3 is 9.84 Å². The molecule has 4 rings (SSSR count). The maximum absolute atomic E-state index is 11.9. The Hall–Kier alpha value is -2.62. The molecule has 2 aromatic rings. The van der Waals surface area contributed by atoms with Gasteiger partial charge in [0.1, 0.15) is 11.5 Å². The minimum Gasteiger partial charge on any atom is -0.508 e. The molecule has 0 amide bonds. The highest BCUT2D eigenvalue weighted by Crippen LogP contribution is 2.36. The minimum atomic E-state index is 0.0566. The van der Waals surface area contributed by atoms with E-state index in [1.165, 1.54) is 0 Å². The van der Waals surface area contributed by atoms with E-state index in [1.807, 2.05) is 24.3 Å². The Morgan fingerprint density at radius 1 is 0.759 bits per heavy atom. The molecule has 0 aliphatic heterocycles. The van der Waals surface area contributed by atoms with E-state index in [9.17, 15) is 14.7 Å². The van der Waals surface area contributed by atoms with Gasteiger partial charge in [0.05, 0.1) is 7.11 Å². The van der Waals surface area contributed by atoms with Crippen molar-refractivity contribution in [2.75, 3.05) is 7.11 Å². The lowest BCUT2D eigenvalue weighted by Gasteiger charge is -2.30. The topological polar surface area (TPSA) is 63.6 Å². The van der Waals surface area contributed by atoms with Gasteiger partial charge in [0.15, 0.2) is 11.6 Å². The zero-order valence-electron chi connectivity index (χ0n) is 18.0. The maximum Gasteiger partial charge on any atom is 0.163 e. The number of Topliss-reactive ketones (excluding diaryl/α,β-unsaturated/α-hetero) is 2. The van der Waals surface area contributed by atoms with Gasteiger partial charge in [-0.15, -0.1) is 0 Å². The molecule has 0 atom stereocenters. The summed E-state index contributed by atoms with van der Waals surface area (Å²) < 4.78 is 5.13. The van der Waals surface area contributed by atoms with Crippen LogP contribution in [0.2, 0.25) is 0 Å². The number of ether oxygens (including phenoxy) is 1. The first kappa shape index (κ1) is 21.1. The average molecular weight is 395 g/mol. The van der Waals surface area contributed by atoms with Gasteiger partial charge in [0.2, 0.25) is 0 Å². The van der Waals surface area contributed by atoms with Crippen LogP contribution in [0.15, 0.2) is 36.4 Å². The number of phenols is 1. The van der Waals surface area contributed by atoms with Crippen LogP contribution in [-0.2, 0) is 12.8 Å². The summed E-state index contributed by atoms with van der Waals surface area (Å²) in [5.41, 5.74) is 3.90. The second-order valence-electron chi connectivity index (χ2n) is 9.75. The van der Waals surface area contributed by atoms with Crippen molar-refractivity contribution in [2.24, 2.45) is 10.8 Å². The summed E-state index contributed by atoms with van der Waals surface area (Å²) in [6.45, 7) is 8.47. The Morgan fingerprint density at radius 3 is 1.76 bits per heavy atom. The van der Waals surface area contributed by atoms with E-state index in [0.29, 0.717) is 18.4 Å². The number of methoxy groups -OCH3 is 1. The van der Waals surface area contributed by atoms with Crippen molar-refractivity contribution in [1.82, 2.24) is 0 Å². The van der Waals surface area contributed by atoms with Crippen molar-refractivity contribution in [3.05, 3.63) is 58.7 Å². The fraction of sp³-hybridized carbons (Fsp3) is 0.440. The van der Waals surface area contributed by atoms with Crippen molar-refractivity contribution in [1.29, 1.82) is 0 Å². The van der Waals surface area contributed by atoms with E-state index in [2.05, 4.69) is 27.7 Å². The number of hydrogen-bond donors (Lipinski definition) is 1. The molecule has 4 heteroatoms. The number of ketones is 2. The molecular formula is C25H30O4. The number of aromatic hydroxyl groups is 1. The van der Waals surface area contributed by atoms with Gasteiger partial charge in [0, 0.05) is 24.0 Å². The number of fused-ring (bicyclic) bond motifs is 2. The summed E-state index contributed by atoms with van der Waals surface area (Å²) in [4.78, 5) is 23.7. The third kappa shape index (κ3) is 4.87. The zero-order chi connectivity index (χ0) is 21.4. The number of phenolic OH excluding ortho intramolecular Hbond substituents is 1. The molecule has 2 aliphatic rings. The normalized spacial score (nSPS) is 18.8. The Morgan fingerprint density at radius 2 is 1.24 bits per heavy atom. The molecular weight excluding hydrogens is 364 g/mol. The van der Waals surface area contributed by atoms with Crippen LogP contribution in [0.1, 0.15) is 72.4 Å². The quantitative estimate of drug-likeness (QED) is 0.704. The molecule has 0 bridgehead atoms. The lowest BCUT2D eigenvalue weighted by Crippen LogP contribution is -2.26. The van der Waals surface area contributed by atoms with E-state index in [1.54, 1.807) is 19.2 Å². The van der Waals surface area contributed by atoms with Gasteiger partial charge in [-0.1, -0.05) is 39.8 Å². The maximum atomic E-state index is 11.9. The molecule has 0 saturated heterocycles. The number of hydrogen-bond acceptors (Lipinski definition) is 4. The van der Waals surface area contributed by atoms with Gasteiger partial charge in [-0.3, -0.25) is 9.59 Å². The van der Waals surface area contributed by atoms with E-state index < -0.39 is 0 Å². The van der Waals surface area contributed by atoms with Crippen LogP contribution < -0.4 is 4.74 Å². The Labute approximate surface area is 172 Å². The average Bonchev–Trinajstić information content (AvgIpc) is 2.61. The Bertz CT molecular complexity index is 953. The Kier molecular flexibility index (Phi) is 5.57. The number of carbonyl (C=O) groups is 2. The van der Waals surface area contributed by atoms with Gasteiger partial charge in [-0.05, 0) is 59.1 Å².